The number of nitrogens with zero attached hydrogens (tertiary/aromatic N) is 4. The SMILES string of the molecule is COc1cccc(Sc2nc3c(N)ncn(CC(=O)c4ccccc4)c-3n2)c1. The van der Waals surface area contributed by atoms with Crippen LogP contribution in [0, 0.1) is 0 Å². The van der Waals surface area contributed by atoms with E-state index in [2.05, 4.69) is 15.0 Å². The lowest BCUT2D eigenvalue weighted by molar-refractivity contribution is 0.0972. The topological polar surface area (TPSA) is 95.9 Å². The number of nitrogens with two attached hydrogens (primary N) is 1. The number of hydrogen-bond donors (Lipinski definition) is 1. The Morgan fingerprint density at radius 2 is 1.96 bits per heavy atom. The molecule has 0 radical (unpaired) electrons. The van der Waals surface area contributed by atoms with Crippen molar-refractivity contribution in [2.24, 2.45) is 0 Å². The predicted molar refractivity (Wildman–Crippen MR) is 107 cm³/mol. The minimum atomic E-state index is -0.0385. The lowest BCUT2D eigenvalue weighted by atomic mass is 10.1. The third-order valence-electron chi connectivity index (χ3n) is 4.13. The molecule has 0 saturated carbocycles. The van der Waals surface area contributed by atoms with Crippen LogP contribution in [0.3, 0.4) is 0 Å². The maximum absolute atomic E-state index is 12.6. The van der Waals surface area contributed by atoms with Crippen LogP contribution in [0.5, 0.6) is 5.75 Å². The second kappa shape index (κ2) is 7.69. The molecular weight excluding hydrogens is 374 g/mol. The van der Waals surface area contributed by atoms with Gasteiger partial charge in [0.05, 0.1) is 20.0 Å². The lowest BCUT2D eigenvalue weighted by Crippen LogP contribution is -2.15. The summed E-state index contributed by atoms with van der Waals surface area (Å²) in [6.07, 6.45) is 1.52. The van der Waals surface area contributed by atoms with Gasteiger partial charge in [0.25, 0.3) is 0 Å². The number of ether oxygens (including phenoxy) is 1. The number of benzene rings is 2. The summed E-state index contributed by atoms with van der Waals surface area (Å²) >= 11 is 1.39. The van der Waals surface area contributed by atoms with Crippen LogP contribution < -0.4 is 10.5 Å². The summed E-state index contributed by atoms with van der Waals surface area (Å²) < 4.78 is 6.92. The van der Waals surface area contributed by atoms with E-state index in [-0.39, 0.29) is 18.1 Å². The van der Waals surface area contributed by atoms with E-state index in [1.807, 2.05) is 42.5 Å². The van der Waals surface area contributed by atoms with E-state index in [0.29, 0.717) is 22.2 Å². The van der Waals surface area contributed by atoms with Crippen LogP contribution in [0.2, 0.25) is 0 Å². The monoisotopic (exact) mass is 391 g/mol. The molecule has 140 valence electrons. The van der Waals surface area contributed by atoms with Gasteiger partial charge in [-0.25, -0.2) is 15.0 Å². The van der Waals surface area contributed by atoms with E-state index in [1.54, 1.807) is 23.8 Å². The number of imidazole rings is 1. The van der Waals surface area contributed by atoms with Gasteiger partial charge in [0, 0.05) is 10.5 Å². The predicted octanol–water partition coefficient (Wildman–Crippen LogP) is 3.40. The quantitative estimate of drug-likeness (QED) is 0.503. The van der Waals surface area contributed by atoms with Crippen LogP contribution in [-0.2, 0) is 6.54 Å². The number of rotatable bonds is 6. The molecule has 2 aliphatic heterocycles. The normalized spacial score (nSPS) is 10.9. The minimum absolute atomic E-state index is 0.0385. The number of nitrogen functional groups attached to an aromatic ring is 1. The summed E-state index contributed by atoms with van der Waals surface area (Å²) in [4.78, 5) is 26.7. The maximum atomic E-state index is 12.6. The highest BCUT2D eigenvalue weighted by Gasteiger charge is 2.21. The number of anilines is 1. The van der Waals surface area contributed by atoms with E-state index in [4.69, 9.17) is 10.5 Å². The standard InChI is InChI=1S/C20H17N5O2S/c1-27-14-8-5-9-15(10-14)28-20-23-17-18(21)22-12-25(19(17)24-20)11-16(26)13-6-3-2-4-7-13/h2-10,12H,11,21H2,1H3. The molecule has 2 aliphatic rings. The molecule has 7 nitrogen and oxygen atoms in total. The van der Waals surface area contributed by atoms with Crippen LogP contribution in [0.25, 0.3) is 11.5 Å². The smallest absolute Gasteiger partial charge is 0.195 e. The zero-order chi connectivity index (χ0) is 19.5. The molecule has 0 aliphatic carbocycles. The second-order valence-electron chi connectivity index (χ2n) is 6.01. The van der Waals surface area contributed by atoms with Crippen LogP contribution in [0.1, 0.15) is 10.4 Å². The molecule has 0 atom stereocenters. The molecule has 0 amide bonds. The molecule has 0 spiro atoms. The van der Waals surface area contributed by atoms with Crippen molar-refractivity contribution in [2.75, 3.05) is 12.8 Å². The molecule has 2 N–H and O–H groups in total. The highest BCUT2D eigenvalue weighted by molar-refractivity contribution is 7.99. The first kappa shape index (κ1) is 18.0. The molecule has 4 rings (SSSR count). The molecule has 8 heteroatoms. The average molecular weight is 391 g/mol. The van der Waals surface area contributed by atoms with Crippen molar-refractivity contribution < 1.29 is 9.53 Å². The van der Waals surface area contributed by atoms with Crippen LogP contribution >= 0.6 is 11.8 Å². The lowest BCUT2D eigenvalue weighted by Gasteiger charge is -2.10. The van der Waals surface area contributed by atoms with Gasteiger partial charge in [-0.15, -0.1) is 0 Å². The van der Waals surface area contributed by atoms with E-state index < -0.39 is 0 Å². The fourth-order valence-corrected chi connectivity index (χ4v) is 3.54. The average Bonchev–Trinajstić information content (AvgIpc) is 3.15. The van der Waals surface area contributed by atoms with Crippen molar-refractivity contribution in [3.63, 3.8) is 0 Å². The Hall–Kier alpha value is -3.39. The Morgan fingerprint density at radius 1 is 1.14 bits per heavy atom. The van der Waals surface area contributed by atoms with Crippen LogP contribution in [-0.4, -0.2) is 32.4 Å². The molecule has 2 aromatic rings. The van der Waals surface area contributed by atoms with Gasteiger partial charge in [0.2, 0.25) is 0 Å². The molecule has 0 fully saturated rings. The highest BCUT2D eigenvalue weighted by Crippen LogP contribution is 2.33. The zero-order valence-corrected chi connectivity index (χ0v) is 15.9. The molecule has 0 saturated heterocycles. The minimum Gasteiger partial charge on any atom is -0.497 e. The molecule has 0 unspecified atom stereocenters. The largest absolute Gasteiger partial charge is 0.497 e. The zero-order valence-electron chi connectivity index (χ0n) is 15.1. The number of fused-ring (bicyclic) bond motifs is 1. The number of Topliss-reactive ketones (excluding diaryl/α,β-unsaturated/α-hetero) is 1. The Kier molecular flexibility index (Phi) is 4.94. The van der Waals surface area contributed by atoms with Gasteiger partial charge in [-0.2, -0.15) is 0 Å². The first-order valence-electron chi connectivity index (χ1n) is 8.52. The van der Waals surface area contributed by atoms with Crippen LogP contribution in [0.4, 0.5) is 5.82 Å². The van der Waals surface area contributed by atoms with Crippen molar-refractivity contribution in [2.45, 2.75) is 16.6 Å². The van der Waals surface area contributed by atoms with Gasteiger partial charge in [-0.1, -0.05) is 36.4 Å². The number of hydrogen-bond acceptors (Lipinski definition) is 7. The van der Waals surface area contributed by atoms with Gasteiger partial charge in [0.15, 0.2) is 28.3 Å². The summed E-state index contributed by atoms with van der Waals surface area (Å²) in [5.74, 6) is 1.53. The summed E-state index contributed by atoms with van der Waals surface area (Å²) in [6.45, 7) is 0.107. The van der Waals surface area contributed by atoms with Gasteiger partial charge >= 0.3 is 0 Å². The summed E-state index contributed by atoms with van der Waals surface area (Å²) in [5, 5.41) is 0.531. The maximum Gasteiger partial charge on any atom is 0.195 e. The van der Waals surface area contributed by atoms with E-state index in [9.17, 15) is 4.79 Å². The van der Waals surface area contributed by atoms with Crippen molar-refractivity contribution >= 4 is 23.4 Å². The summed E-state index contributed by atoms with van der Waals surface area (Å²) in [7, 11) is 1.62. The Bertz CT molecular complexity index is 1100. The van der Waals surface area contributed by atoms with Crippen LogP contribution in [0.15, 0.2) is 71.0 Å². The van der Waals surface area contributed by atoms with Crippen molar-refractivity contribution in [3.8, 4) is 17.3 Å². The van der Waals surface area contributed by atoms with E-state index in [0.717, 1.165) is 10.6 Å². The first-order valence-corrected chi connectivity index (χ1v) is 9.34. The fraction of sp³-hybridized carbons (Fsp3) is 0.100. The molecule has 0 aromatic heterocycles. The summed E-state index contributed by atoms with van der Waals surface area (Å²) in [6, 6.07) is 16.7. The van der Waals surface area contributed by atoms with Gasteiger partial charge in [-0.05, 0) is 30.0 Å². The third-order valence-corrected chi connectivity index (χ3v) is 4.99. The van der Waals surface area contributed by atoms with Crippen molar-refractivity contribution in [3.05, 3.63) is 66.5 Å². The Balaban J connectivity index is 1.64. The van der Waals surface area contributed by atoms with Gasteiger partial charge < -0.3 is 15.0 Å². The highest BCUT2D eigenvalue weighted by atomic mass is 32.2. The Labute approximate surface area is 165 Å². The fourth-order valence-electron chi connectivity index (χ4n) is 2.74. The molecule has 2 heterocycles. The third kappa shape index (κ3) is 3.67. The van der Waals surface area contributed by atoms with E-state index >= 15 is 0 Å². The number of aromatic nitrogens is 4. The number of carbonyl (C=O) groups excluding carboxylic acids is 1. The molecular formula is C20H17N5O2S. The molecule has 2 aromatic carbocycles. The first-order chi connectivity index (χ1) is 13.6. The molecule has 28 heavy (non-hydrogen) atoms. The van der Waals surface area contributed by atoms with Gasteiger partial charge in [-0.3, -0.25) is 4.79 Å². The van der Waals surface area contributed by atoms with Gasteiger partial charge in [0.1, 0.15) is 5.75 Å². The Morgan fingerprint density at radius 3 is 2.75 bits per heavy atom. The number of ketones is 1. The van der Waals surface area contributed by atoms with Crippen molar-refractivity contribution in [1.82, 2.24) is 19.5 Å². The summed E-state index contributed by atoms with van der Waals surface area (Å²) in [5.41, 5.74) is 7.09. The van der Waals surface area contributed by atoms with E-state index in [1.165, 1.54) is 18.1 Å². The van der Waals surface area contributed by atoms with Crippen molar-refractivity contribution in [1.29, 1.82) is 0 Å². The number of carbonyl (C=O) groups is 1. The second-order valence-corrected chi connectivity index (χ2v) is 7.05. The molecule has 0 bridgehead atoms. The number of methoxy groups -OCH3 is 1.